The van der Waals surface area contributed by atoms with Gasteiger partial charge in [0, 0.05) is 6.04 Å². The second kappa shape index (κ2) is 5.85. The predicted molar refractivity (Wildman–Crippen MR) is 92.0 cm³/mol. The molecule has 0 bridgehead atoms. The van der Waals surface area contributed by atoms with E-state index in [1.165, 1.54) is 6.07 Å². The minimum atomic E-state index is -0.631. The molecule has 6 heteroatoms. The summed E-state index contributed by atoms with van der Waals surface area (Å²) in [6, 6.07) is 3.14. The van der Waals surface area contributed by atoms with Crippen LogP contribution in [0.1, 0.15) is 62.9 Å². The fraction of sp³-hybridized carbons (Fsp3) is 0.611. The maximum Gasteiger partial charge on any atom is 0.495 e. The molecule has 0 atom stereocenters. The molecule has 0 radical (unpaired) electrons. The largest absolute Gasteiger partial charge is 0.495 e. The van der Waals surface area contributed by atoms with Crippen molar-refractivity contribution in [1.29, 1.82) is 0 Å². The number of benzene rings is 1. The van der Waals surface area contributed by atoms with Crippen LogP contribution < -0.4 is 10.8 Å². The minimum absolute atomic E-state index is 0.0830. The van der Waals surface area contributed by atoms with E-state index in [2.05, 4.69) is 5.32 Å². The summed E-state index contributed by atoms with van der Waals surface area (Å²) < 4.78 is 26.5. The molecule has 1 aromatic carbocycles. The van der Waals surface area contributed by atoms with E-state index in [9.17, 15) is 9.18 Å². The number of amides is 1. The standard InChI is InChI=1S/C18H25BFNO3/c1-11-9-13(16(22)21-12-7-6-8-12)15(20)10-14(11)19-23-17(2,3)18(4,5)24-19/h9-10,12H,6-8H2,1-5H3,(H,21,22). The lowest BCUT2D eigenvalue weighted by Crippen LogP contribution is -2.41. The Balaban J connectivity index is 1.84. The molecular weight excluding hydrogens is 308 g/mol. The summed E-state index contributed by atoms with van der Waals surface area (Å²) in [6.07, 6.45) is 3.06. The van der Waals surface area contributed by atoms with Crippen LogP contribution in [0.15, 0.2) is 12.1 Å². The van der Waals surface area contributed by atoms with Crippen molar-refractivity contribution in [3.63, 3.8) is 0 Å². The van der Waals surface area contributed by atoms with Crippen molar-refractivity contribution in [3.05, 3.63) is 29.1 Å². The number of nitrogens with one attached hydrogen (secondary N) is 1. The molecule has 1 aromatic rings. The van der Waals surface area contributed by atoms with E-state index in [1.807, 2.05) is 34.6 Å². The number of carbonyl (C=O) groups is 1. The number of carbonyl (C=O) groups excluding carboxylic acids is 1. The Hall–Kier alpha value is -1.40. The summed E-state index contributed by atoms with van der Waals surface area (Å²) in [5.41, 5.74) is 0.529. The van der Waals surface area contributed by atoms with Gasteiger partial charge in [-0.25, -0.2) is 4.39 Å². The number of hydrogen-bond acceptors (Lipinski definition) is 3. The molecule has 1 saturated carbocycles. The second-order valence-electron chi connectivity index (χ2n) is 7.88. The summed E-state index contributed by atoms with van der Waals surface area (Å²) in [4.78, 5) is 12.2. The van der Waals surface area contributed by atoms with Gasteiger partial charge in [0.05, 0.1) is 16.8 Å². The highest BCUT2D eigenvalue weighted by Gasteiger charge is 2.52. The van der Waals surface area contributed by atoms with Gasteiger partial charge in [0.25, 0.3) is 5.91 Å². The van der Waals surface area contributed by atoms with Crippen LogP contribution in [-0.2, 0) is 9.31 Å². The van der Waals surface area contributed by atoms with Crippen LogP contribution in [0.2, 0.25) is 0 Å². The molecule has 3 rings (SSSR count). The first-order chi connectivity index (χ1) is 11.1. The Kier molecular flexibility index (Phi) is 4.25. The van der Waals surface area contributed by atoms with Crippen LogP contribution in [0.5, 0.6) is 0 Å². The highest BCUT2D eigenvalue weighted by atomic mass is 19.1. The first-order valence-corrected chi connectivity index (χ1v) is 8.57. The number of aryl methyl sites for hydroxylation is 1. The van der Waals surface area contributed by atoms with Gasteiger partial charge in [-0.15, -0.1) is 0 Å². The smallest absolute Gasteiger partial charge is 0.399 e. The van der Waals surface area contributed by atoms with Gasteiger partial charge in [-0.2, -0.15) is 0 Å². The number of halogens is 1. The molecule has 130 valence electrons. The van der Waals surface area contributed by atoms with Crippen LogP contribution >= 0.6 is 0 Å². The van der Waals surface area contributed by atoms with E-state index in [-0.39, 0.29) is 17.5 Å². The van der Waals surface area contributed by atoms with Crippen molar-refractivity contribution in [2.24, 2.45) is 0 Å². The molecule has 1 N–H and O–H groups in total. The third-order valence-electron chi connectivity index (χ3n) is 5.55. The molecule has 1 heterocycles. The van der Waals surface area contributed by atoms with Gasteiger partial charge < -0.3 is 14.6 Å². The maximum absolute atomic E-state index is 14.5. The average Bonchev–Trinajstić information content (AvgIpc) is 2.64. The molecule has 4 nitrogen and oxygen atoms in total. The van der Waals surface area contributed by atoms with E-state index in [4.69, 9.17) is 9.31 Å². The SMILES string of the molecule is Cc1cc(C(=O)NC2CCC2)c(F)cc1B1OC(C)(C)C(C)(C)O1. The lowest BCUT2D eigenvalue weighted by molar-refractivity contribution is 0.00578. The number of hydrogen-bond donors (Lipinski definition) is 1. The quantitative estimate of drug-likeness (QED) is 0.866. The van der Waals surface area contributed by atoms with Crippen LogP contribution in [0.4, 0.5) is 4.39 Å². The molecule has 0 aromatic heterocycles. The van der Waals surface area contributed by atoms with Crippen molar-refractivity contribution >= 4 is 18.5 Å². The Labute approximate surface area is 143 Å². The molecule has 0 spiro atoms. The van der Waals surface area contributed by atoms with E-state index in [0.717, 1.165) is 24.8 Å². The normalized spacial score (nSPS) is 22.3. The first-order valence-electron chi connectivity index (χ1n) is 8.57. The third-order valence-corrected chi connectivity index (χ3v) is 5.55. The summed E-state index contributed by atoms with van der Waals surface area (Å²) in [6.45, 7) is 9.68. The topological polar surface area (TPSA) is 47.6 Å². The fourth-order valence-electron chi connectivity index (χ4n) is 2.91. The lowest BCUT2D eigenvalue weighted by Gasteiger charge is -2.32. The first kappa shape index (κ1) is 17.4. The molecule has 1 aliphatic heterocycles. The Bertz CT molecular complexity index is 654. The Morgan fingerprint density at radius 1 is 1.21 bits per heavy atom. The molecule has 0 unspecified atom stereocenters. The highest BCUT2D eigenvalue weighted by molar-refractivity contribution is 6.62. The maximum atomic E-state index is 14.5. The van der Waals surface area contributed by atoms with Crippen LogP contribution in [-0.4, -0.2) is 30.3 Å². The van der Waals surface area contributed by atoms with Crippen molar-refractivity contribution in [3.8, 4) is 0 Å². The van der Waals surface area contributed by atoms with Crippen molar-refractivity contribution in [2.45, 2.75) is 71.1 Å². The Morgan fingerprint density at radius 3 is 2.29 bits per heavy atom. The van der Waals surface area contributed by atoms with Crippen LogP contribution in [0.25, 0.3) is 0 Å². The summed E-state index contributed by atoms with van der Waals surface area (Å²) in [5, 5.41) is 2.87. The van der Waals surface area contributed by atoms with E-state index in [1.54, 1.807) is 6.07 Å². The highest BCUT2D eigenvalue weighted by Crippen LogP contribution is 2.36. The van der Waals surface area contributed by atoms with Gasteiger partial charge >= 0.3 is 7.12 Å². The molecule has 2 fully saturated rings. The molecule has 1 aliphatic carbocycles. The van der Waals surface area contributed by atoms with Gasteiger partial charge in [-0.05, 0) is 71.5 Å². The van der Waals surface area contributed by atoms with Gasteiger partial charge in [-0.1, -0.05) is 5.56 Å². The lowest BCUT2D eigenvalue weighted by atomic mass is 9.75. The van der Waals surface area contributed by atoms with Gasteiger partial charge in [0.2, 0.25) is 0 Å². The molecular formula is C18H25BFNO3. The summed E-state index contributed by atoms with van der Waals surface area (Å²) >= 11 is 0. The molecule has 2 aliphatic rings. The summed E-state index contributed by atoms with van der Waals surface area (Å²) in [5.74, 6) is -0.886. The predicted octanol–water partition coefficient (Wildman–Crippen LogP) is 2.72. The van der Waals surface area contributed by atoms with Gasteiger partial charge in [0.1, 0.15) is 5.82 Å². The third kappa shape index (κ3) is 2.97. The van der Waals surface area contributed by atoms with E-state index >= 15 is 0 Å². The number of rotatable bonds is 3. The van der Waals surface area contributed by atoms with E-state index < -0.39 is 24.1 Å². The summed E-state index contributed by atoms with van der Waals surface area (Å²) in [7, 11) is -0.631. The van der Waals surface area contributed by atoms with Crippen molar-refractivity contribution in [2.75, 3.05) is 0 Å². The molecule has 1 saturated heterocycles. The van der Waals surface area contributed by atoms with Crippen molar-refractivity contribution < 1.29 is 18.5 Å². The average molecular weight is 333 g/mol. The fourth-order valence-corrected chi connectivity index (χ4v) is 2.91. The zero-order valence-corrected chi connectivity index (χ0v) is 15.0. The van der Waals surface area contributed by atoms with Crippen LogP contribution in [0, 0.1) is 12.7 Å². The van der Waals surface area contributed by atoms with E-state index in [0.29, 0.717) is 5.46 Å². The van der Waals surface area contributed by atoms with Gasteiger partial charge in [-0.3, -0.25) is 4.79 Å². The van der Waals surface area contributed by atoms with Crippen molar-refractivity contribution in [1.82, 2.24) is 5.32 Å². The van der Waals surface area contributed by atoms with Crippen LogP contribution in [0.3, 0.4) is 0 Å². The minimum Gasteiger partial charge on any atom is -0.399 e. The molecule has 24 heavy (non-hydrogen) atoms. The zero-order chi connectivity index (χ0) is 17.7. The second-order valence-corrected chi connectivity index (χ2v) is 7.88. The Morgan fingerprint density at radius 2 is 1.79 bits per heavy atom. The zero-order valence-electron chi connectivity index (χ0n) is 15.0. The monoisotopic (exact) mass is 333 g/mol. The molecule has 1 amide bonds. The van der Waals surface area contributed by atoms with Gasteiger partial charge in [0.15, 0.2) is 0 Å².